The Balaban J connectivity index is 1.21. The molecule has 0 unspecified atom stereocenters. The predicted octanol–water partition coefficient (Wildman–Crippen LogP) is 4.00. The lowest BCUT2D eigenvalue weighted by Gasteiger charge is -2.31. The highest BCUT2D eigenvalue weighted by molar-refractivity contribution is 7.88. The molecule has 0 aliphatic carbocycles. The SMILES string of the molecule is CS(=O)(=O)N1CCC(Nc2ccc(Cc3nccc(-c4ccc(OC5CCOCC5)c(C#N)c4)n3)cc2)CC1. The number of hydrogen-bond acceptors (Lipinski definition) is 8. The minimum atomic E-state index is -3.12. The van der Waals surface area contributed by atoms with Crippen LogP contribution in [-0.4, -0.2) is 67.4 Å². The highest BCUT2D eigenvalue weighted by Gasteiger charge is 2.24. The molecule has 204 valence electrons. The van der Waals surface area contributed by atoms with Gasteiger partial charge in [0, 0.05) is 55.8 Å². The van der Waals surface area contributed by atoms with Gasteiger partial charge in [0.15, 0.2) is 0 Å². The van der Waals surface area contributed by atoms with Crippen LogP contribution in [-0.2, 0) is 21.2 Å². The highest BCUT2D eigenvalue weighted by Crippen LogP contribution is 2.28. The number of nitrogens with zero attached hydrogens (tertiary/aromatic N) is 4. The fourth-order valence-electron chi connectivity index (χ4n) is 4.97. The lowest BCUT2D eigenvalue weighted by atomic mass is 10.1. The van der Waals surface area contributed by atoms with E-state index in [-0.39, 0.29) is 12.1 Å². The Morgan fingerprint density at radius 3 is 2.51 bits per heavy atom. The smallest absolute Gasteiger partial charge is 0.211 e. The zero-order valence-electron chi connectivity index (χ0n) is 22.0. The standard InChI is InChI=1S/C29H33N5O4S/c1-39(35,36)34-14-9-25(10-15-34)32-24-5-2-21(3-6-24)18-29-31-13-8-27(33-29)22-4-7-28(23(19-22)20-30)38-26-11-16-37-17-12-26/h2-8,13,19,25-26,32H,9-12,14-18H2,1H3. The van der Waals surface area contributed by atoms with E-state index in [1.165, 1.54) is 6.26 Å². The molecular weight excluding hydrogens is 514 g/mol. The van der Waals surface area contributed by atoms with E-state index in [4.69, 9.17) is 14.5 Å². The summed E-state index contributed by atoms with van der Waals surface area (Å²) in [7, 11) is -3.12. The Kier molecular flexibility index (Phi) is 8.41. The highest BCUT2D eigenvalue weighted by atomic mass is 32.2. The van der Waals surface area contributed by atoms with Crippen molar-refractivity contribution in [3.8, 4) is 23.1 Å². The fourth-order valence-corrected chi connectivity index (χ4v) is 5.84. The van der Waals surface area contributed by atoms with Gasteiger partial charge in [-0.3, -0.25) is 0 Å². The van der Waals surface area contributed by atoms with E-state index in [0.717, 1.165) is 48.2 Å². The molecule has 0 saturated carbocycles. The zero-order chi connectivity index (χ0) is 27.2. The molecule has 3 heterocycles. The third kappa shape index (κ3) is 7.12. The second kappa shape index (κ2) is 12.1. The monoisotopic (exact) mass is 547 g/mol. The van der Waals surface area contributed by atoms with Gasteiger partial charge in [0.1, 0.15) is 23.7 Å². The van der Waals surface area contributed by atoms with E-state index in [1.54, 1.807) is 10.5 Å². The quantitative estimate of drug-likeness (QED) is 0.450. The minimum Gasteiger partial charge on any atom is -0.489 e. The molecule has 2 aromatic carbocycles. The maximum absolute atomic E-state index is 11.7. The molecular formula is C29H33N5O4S. The largest absolute Gasteiger partial charge is 0.489 e. The maximum Gasteiger partial charge on any atom is 0.211 e. The van der Waals surface area contributed by atoms with Crippen LogP contribution in [0.4, 0.5) is 5.69 Å². The van der Waals surface area contributed by atoms with E-state index >= 15 is 0 Å². The van der Waals surface area contributed by atoms with Crippen LogP contribution >= 0.6 is 0 Å². The van der Waals surface area contributed by atoms with Gasteiger partial charge in [-0.1, -0.05) is 12.1 Å². The molecule has 2 aliphatic rings. The molecule has 0 bridgehead atoms. The number of sulfonamides is 1. The summed E-state index contributed by atoms with van der Waals surface area (Å²) in [6.45, 7) is 2.45. The van der Waals surface area contributed by atoms with Crippen molar-refractivity contribution in [1.82, 2.24) is 14.3 Å². The second-order valence-corrected chi connectivity index (χ2v) is 12.0. The first-order valence-corrected chi connectivity index (χ1v) is 15.1. The summed E-state index contributed by atoms with van der Waals surface area (Å²) >= 11 is 0. The molecule has 3 aromatic rings. The first kappa shape index (κ1) is 27.1. The molecule has 0 spiro atoms. The molecule has 1 aromatic heterocycles. The summed E-state index contributed by atoms with van der Waals surface area (Å²) in [5.74, 6) is 1.29. The molecule has 2 fully saturated rings. The lowest BCUT2D eigenvalue weighted by Crippen LogP contribution is -2.41. The van der Waals surface area contributed by atoms with Crippen LogP contribution in [0, 0.1) is 11.3 Å². The molecule has 10 heteroatoms. The Morgan fingerprint density at radius 1 is 1.08 bits per heavy atom. The number of hydrogen-bond donors (Lipinski definition) is 1. The van der Waals surface area contributed by atoms with Gasteiger partial charge in [-0.2, -0.15) is 5.26 Å². The van der Waals surface area contributed by atoms with Gasteiger partial charge in [-0.05, 0) is 54.8 Å². The molecule has 39 heavy (non-hydrogen) atoms. The van der Waals surface area contributed by atoms with Crippen molar-refractivity contribution in [2.45, 2.75) is 44.2 Å². The average Bonchev–Trinajstić information content (AvgIpc) is 2.95. The molecule has 0 radical (unpaired) electrons. The third-order valence-electron chi connectivity index (χ3n) is 7.17. The van der Waals surface area contributed by atoms with E-state index < -0.39 is 10.0 Å². The fraction of sp³-hybridized carbons (Fsp3) is 0.414. The number of piperidine rings is 1. The van der Waals surface area contributed by atoms with Gasteiger partial charge in [0.2, 0.25) is 10.0 Å². The van der Waals surface area contributed by atoms with Crippen LogP contribution in [0.25, 0.3) is 11.3 Å². The number of ether oxygens (including phenoxy) is 2. The lowest BCUT2D eigenvalue weighted by molar-refractivity contribution is 0.0254. The van der Waals surface area contributed by atoms with E-state index in [1.807, 2.05) is 36.4 Å². The Hall–Kier alpha value is -3.52. The Morgan fingerprint density at radius 2 is 1.82 bits per heavy atom. The molecule has 0 amide bonds. The molecule has 1 N–H and O–H groups in total. The zero-order valence-corrected chi connectivity index (χ0v) is 22.9. The van der Waals surface area contributed by atoms with Crippen molar-refractivity contribution < 1.29 is 17.9 Å². The van der Waals surface area contributed by atoms with Gasteiger partial charge in [-0.25, -0.2) is 22.7 Å². The van der Waals surface area contributed by atoms with Crippen LogP contribution in [0.5, 0.6) is 5.75 Å². The number of aromatic nitrogens is 2. The van der Waals surface area contributed by atoms with Gasteiger partial charge < -0.3 is 14.8 Å². The second-order valence-electron chi connectivity index (χ2n) is 10.1. The van der Waals surface area contributed by atoms with Gasteiger partial charge in [0.05, 0.1) is 30.7 Å². The Labute approximate surface area is 229 Å². The summed E-state index contributed by atoms with van der Waals surface area (Å²) in [6, 6.07) is 18.2. The summed E-state index contributed by atoms with van der Waals surface area (Å²) in [6.07, 6.45) is 6.87. The van der Waals surface area contributed by atoms with Gasteiger partial charge >= 0.3 is 0 Å². The maximum atomic E-state index is 11.7. The van der Waals surface area contributed by atoms with Crippen molar-refractivity contribution >= 4 is 15.7 Å². The summed E-state index contributed by atoms with van der Waals surface area (Å²) < 4.78 is 36.5. The van der Waals surface area contributed by atoms with Gasteiger partial charge in [0.25, 0.3) is 0 Å². The first-order chi connectivity index (χ1) is 18.9. The van der Waals surface area contributed by atoms with Crippen molar-refractivity contribution in [3.63, 3.8) is 0 Å². The number of rotatable bonds is 8. The normalized spacial score (nSPS) is 17.4. The topological polar surface area (TPSA) is 117 Å². The summed E-state index contributed by atoms with van der Waals surface area (Å²) in [4.78, 5) is 9.21. The van der Waals surface area contributed by atoms with Crippen molar-refractivity contribution in [3.05, 3.63) is 71.7 Å². The summed E-state index contributed by atoms with van der Waals surface area (Å²) in [5, 5.41) is 13.2. The van der Waals surface area contributed by atoms with E-state index in [0.29, 0.717) is 49.9 Å². The van der Waals surface area contributed by atoms with Crippen LogP contribution in [0.15, 0.2) is 54.7 Å². The van der Waals surface area contributed by atoms with Crippen molar-refractivity contribution in [2.75, 3.05) is 37.9 Å². The number of anilines is 1. The third-order valence-corrected chi connectivity index (χ3v) is 8.48. The predicted molar refractivity (Wildman–Crippen MR) is 149 cm³/mol. The number of nitriles is 1. The van der Waals surface area contributed by atoms with Crippen LogP contribution in [0.3, 0.4) is 0 Å². The van der Waals surface area contributed by atoms with E-state index in [2.05, 4.69) is 28.5 Å². The van der Waals surface area contributed by atoms with Crippen LogP contribution < -0.4 is 10.1 Å². The van der Waals surface area contributed by atoms with Crippen molar-refractivity contribution in [1.29, 1.82) is 5.26 Å². The molecule has 0 atom stereocenters. The molecule has 2 saturated heterocycles. The Bertz CT molecular complexity index is 1420. The van der Waals surface area contributed by atoms with Crippen LogP contribution in [0.2, 0.25) is 0 Å². The number of benzene rings is 2. The average molecular weight is 548 g/mol. The van der Waals surface area contributed by atoms with E-state index in [9.17, 15) is 13.7 Å². The minimum absolute atomic E-state index is 0.0665. The number of nitrogens with one attached hydrogen (secondary N) is 1. The molecule has 9 nitrogen and oxygen atoms in total. The first-order valence-electron chi connectivity index (χ1n) is 13.3. The molecule has 5 rings (SSSR count). The summed E-state index contributed by atoms with van der Waals surface area (Å²) in [5.41, 5.74) is 4.19. The van der Waals surface area contributed by atoms with Gasteiger partial charge in [-0.15, -0.1) is 0 Å². The van der Waals surface area contributed by atoms with Crippen LogP contribution in [0.1, 0.15) is 42.6 Å². The van der Waals surface area contributed by atoms with Crippen molar-refractivity contribution in [2.24, 2.45) is 0 Å². The molecule has 2 aliphatic heterocycles.